The maximum absolute atomic E-state index is 12.2. The summed E-state index contributed by atoms with van der Waals surface area (Å²) in [4.78, 5) is 22.6. The summed E-state index contributed by atoms with van der Waals surface area (Å²) in [6.07, 6.45) is 0. The first kappa shape index (κ1) is 16.3. The molecule has 6 nitrogen and oxygen atoms in total. The molecule has 0 heterocycles. The Kier molecular flexibility index (Phi) is 4.99. The summed E-state index contributed by atoms with van der Waals surface area (Å²) >= 11 is 8.96. The van der Waals surface area contributed by atoms with Crippen molar-refractivity contribution >= 4 is 44.8 Å². The molecule has 0 bridgehead atoms. The second-order valence-electron chi connectivity index (χ2n) is 4.22. The molecule has 0 aliphatic rings. The van der Waals surface area contributed by atoms with E-state index in [1.54, 1.807) is 12.1 Å². The third-order valence-electron chi connectivity index (χ3n) is 2.81. The van der Waals surface area contributed by atoms with Crippen LogP contribution < -0.4 is 10.1 Å². The normalized spacial score (nSPS) is 10.1. The van der Waals surface area contributed by atoms with Crippen LogP contribution in [0, 0.1) is 10.1 Å². The molecule has 0 aliphatic carbocycles. The van der Waals surface area contributed by atoms with E-state index in [1.807, 2.05) is 0 Å². The monoisotopic (exact) mass is 384 g/mol. The van der Waals surface area contributed by atoms with Gasteiger partial charge in [0.1, 0.15) is 5.75 Å². The number of carbonyl (C=O) groups excluding carboxylic acids is 1. The second kappa shape index (κ2) is 6.76. The molecule has 8 heteroatoms. The maximum atomic E-state index is 12.2. The molecule has 0 radical (unpaired) electrons. The molecule has 2 aromatic rings. The Morgan fingerprint density at radius 2 is 2.05 bits per heavy atom. The smallest absolute Gasteiger partial charge is 0.284 e. The Bertz CT molecular complexity index is 752. The van der Waals surface area contributed by atoms with Gasteiger partial charge in [-0.05, 0) is 46.3 Å². The number of nitro benzene ring substituents is 1. The van der Waals surface area contributed by atoms with Crippen LogP contribution >= 0.6 is 27.5 Å². The summed E-state index contributed by atoms with van der Waals surface area (Å²) in [5, 5.41) is 14.0. The van der Waals surface area contributed by atoms with Crippen molar-refractivity contribution in [2.75, 3.05) is 12.4 Å². The number of nitro groups is 1. The lowest BCUT2D eigenvalue weighted by Gasteiger charge is -2.10. The van der Waals surface area contributed by atoms with E-state index in [0.29, 0.717) is 20.9 Å². The van der Waals surface area contributed by atoms with Crippen LogP contribution in [0.5, 0.6) is 5.75 Å². The summed E-state index contributed by atoms with van der Waals surface area (Å²) in [7, 11) is 1.46. The first-order chi connectivity index (χ1) is 10.4. The first-order valence-corrected chi connectivity index (χ1v) is 7.18. The highest BCUT2D eigenvalue weighted by Gasteiger charge is 2.17. The number of ether oxygens (including phenoxy) is 1. The Labute approximate surface area is 139 Å². The molecule has 22 heavy (non-hydrogen) atoms. The minimum Gasteiger partial charge on any atom is -0.495 e. The molecule has 2 aromatic carbocycles. The van der Waals surface area contributed by atoms with E-state index >= 15 is 0 Å². The van der Waals surface area contributed by atoms with Crippen LogP contribution in [0.25, 0.3) is 0 Å². The molecule has 0 unspecified atom stereocenters. The van der Waals surface area contributed by atoms with E-state index < -0.39 is 10.8 Å². The van der Waals surface area contributed by atoms with Crippen molar-refractivity contribution < 1.29 is 14.5 Å². The summed E-state index contributed by atoms with van der Waals surface area (Å²) in [5.41, 5.74) is 0.341. The van der Waals surface area contributed by atoms with Gasteiger partial charge in [-0.15, -0.1) is 0 Å². The molecular formula is C14H10BrClN2O4. The number of carbonyl (C=O) groups is 1. The minimum absolute atomic E-state index is 0.150. The van der Waals surface area contributed by atoms with Gasteiger partial charge in [-0.2, -0.15) is 0 Å². The van der Waals surface area contributed by atoms with Gasteiger partial charge in [0.05, 0.1) is 22.2 Å². The summed E-state index contributed by atoms with van der Waals surface area (Å²) in [6, 6.07) is 8.89. The molecule has 0 atom stereocenters. The van der Waals surface area contributed by atoms with Gasteiger partial charge in [-0.3, -0.25) is 14.9 Å². The van der Waals surface area contributed by atoms with E-state index in [-0.39, 0.29) is 11.3 Å². The number of benzene rings is 2. The fourth-order valence-corrected chi connectivity index (χ4v) is 2.33. The predicted molar refractivity (Wildman–Crippen MR) is 86.8 cm³/mol. The van der Waals surface area contributed by atoms with Crippen LogP contribution in [0.4, 0.5) is 11.4 Å². The van der Waals surface area contributed by atoms with E-state index in [2.05, 4.69) is 21.2 Å². The number of methoxy groups -OCH3 is 1. The van der Waals surface area contributed by atoms with Crippen molar-refractivity contribution in [3.05, 3.63) is 61.6 Å². The van der Waals surface area contributed by atoms with Crippen molar-refractivity contribution in [3.8, 4) is 5.75 Å². The largest absolute Gasteiger partial charge is 0.495 e. The lowest BCUT2D eigenvalue weighted by molar-refractivity contribution is -0.385. The van der Waals surface area contributed by atoms with Crippen LogP contribution in [0.2, 0.25) is 5.02 Å². The fourth-order valence-electron chi connectivity index (χ4n) is 1.77. The number of hydrogen-bond acceptors (Lipinski definition) is 4. The molecule has 0 saturated heterocycles. The van der Waals surface area contributed by atoms with Crippen LogP contribution in [0.15, 0.2) is 40.9 Å². The third-order valence-corrected chi connectivity index (χ3v) is 3.72. The van der Waals surface area contributed by atoms with Gasteiger partial charge in [0.2, 0.25) is 0 Å². The highest BCUT2D eigenvalue weighted by molar-refractivity contribution is 9.10. The van der Waals surface area contributed by atoms with Gasteiger partial charge < -0.3 is 10.1 Å². The number of rotatable bonds is 4. The van der Waals surface area contributed by atoms with Crippen LogP contribution in [-0.4, -0.2) is 17.9 Å². The Morgan fingerprint density at radius 1 is 1.32 bits per heavy atom. The zero-order valence-corrected chi connectivity index (χ0v) is 13.6. The van der Waals surface area contributed by atoms with Crippen molar-refractivity contribution in [2.45, 2.75) is 0 Å². The highest BCUT2D eigenvalue weighted by atomic mass is 79.9. The molecule has 0 fully saturated rings. The Morgan fingerprint density at radius 3 is 2.68 bits per heavy atom. The summed E-state index contributed by atoms with van der Waals surface area (Å²) < 4.78 is 5.43. The zero-order chi connectivity index (χ0) is 16.3. The molecule has 114 valence electrons. The van der Waals surface area contributed by atoms with E-state index in [0.717, 1.165) is 0 Å². The van der Waals surface area contributed by atoms with Gasteiger partial charge in [0, 0.05) is 16.7 Å². The molecule has 1 N–H and O–H groups in total. The van der Waals surface area contributed by atoms with Gasteiger partial charge in [0.15, 0.2) is 0 Å². The van der Waals surface area contributed by atoms with Crippen molar-refractivity contribution in [3.63, 3.8) is 0 Å². The predicted octanol–water partition coefficient (Wildman–Crippen LogP) is 4.27. The van der Waals surface area contributed by atoms with Crippen molar-refractivity contribution in [2.24, 2.45) is 0 Å². The third kappa shape index (κ3) is 3.55. The molecule has 0 aliphatic heterocycles. The van der Waals surface area contributed by atoms with E-state index in [9.17, 15) is 14.9 Å². The first-order valence-electron chi connectivity index (χ1n) is 6.01. The number of nitrogens with one attached hydrogen (secondary N) is 1. The highest BCUT2D eigenvalue weighted by Crippen LogP contribution is 2.29. The van der Waals surface area contributed by atoms with Crippen molar-refractivity contribution in [1.82, 2.24) is 0 Å². The maximum Gasteiger partial charge on any atom is 0.284 e. The Hall–Kier alpha value is -2.12. The molecule has 0 saturated carbocycles. The summed E-state index contributed by atoms with van der Waals surface area (Å²) in [5.74, 6) is -0.0690. The second-order valence-corrected chi connectivity index (χ2v) is 5.51. The quantitative estimate of drug-likeness (QED) is 0.629. The minimum atomic E-state index is -0.569. The molecular weight excluding hydrogens is 376 g/mol. The molecule has 2 rings (SSSR count). The van der Waals surface area contributed by atoms with Gasteiger partial charge in [0.25, 0.3) is 11.6 Å². The van der Waals surface area contributed by atoms with Crippen LogP contribution in [-0.2, 0) is 0 Å². The molecule has 0 aromatic heterocycles. The van der Waals surface area contributed by atoms with E-state index in [1.165, 1.54) is 31.4 Å². The standard InChI is InChI=1S/C14H10BrClN2O4/c1-22-13-5-3-9(16)7-11(13)17-14(19)8-2-4-10(15)12(6-8)18(20)21/h2-7H,1H3,(H,17,19). The lowest BCUT2D eigenvalue weighted by atomic mass is 10.2. The van der Waals surface area contributed by atoms with E-state index in [4.69, 9.17) is 16.3 Å². The number of anilines is 1. The fraction of sp³-hybridized carbons (Fsp3) is 0.0714. The van der Waals surface area contributed by atoms with Gasteiger partial charge >= 0.3 is 0 Å². The van der Waals surface area contributed by atoms with Gasteiger partial charge in [-0.25, -0.2) is 0 Å². The Balaban J connectivity index is 2.32. The molecule has 1 amide bonds. The lowest BCUT2D eigenvalue weighted by Crippen LogP contribution is -2.13. The van der Waals surface area contributed by atoms with Crippen molar-refractivity contribution in [1.29, 1.82) is 0 Å². The average molecular weight is 386 g/mol. The van der Waals surface area contributed by atoms with Crippen LogP contribution in [0.3, 0.4) is 0 Å². The average Bonchev–Trinajstić information content (AvgIpc) is 2.47. The zero-order valence-electron chi connectivity index (χ0n) is 11.3. The number of amides is 1. The van der Waals surface area contributed by atoms with Crippen LogP contribution in [0.1, 0.15) is 10.4 Å². The SMILES string of the molecule is COc1ccc(Cl)cc1NC(=O)c1ccc(Br)c([N+](=O)[O-])c1. The number of nitrogens with zero attached hydrogens (tertiary/aromatic N) is 1. The molecule has 0 spiro atoms. The number of halogens is 2. The topological polar surface area (TPSA) is 81.5 Å². The summed E-state index contributed by atoms with van der Waals surface area (Å²) in [6.45, 7) is 0. The number of hydrogen-bond donors (Lipinski definition) is 1. The van der Waals surface area contributed by atoms with Gasteiger partial charge in [-0.1, -0.05) is 11.6 Å².